The van der Waals surface area contributed by atoms with E-state index in [9.17, 15) is 18.0 Å². The third-order valence-corrected chi connectivity index (χ3v) is 3.32. The van der Waals surface area contributed by atoms with E-state index < -0.39 is 12.8 Å². The molecule has 0 aromatic heterocycles. The zero-order valence-electron chi connectivity index (χ0n) is 14.7. The number of halogens is 3. The summed E-state index contributed by atoms with van der Waals surface area (Å²) in [6, 6.07) is 12.9. The summed E-state index contributed by atoms with van der Waals surface area (Å²) in [7, 11) is 0. The zero-order chi connectivity index (χ0) is 19.7. The van der Waals surface area contributed by atoms with Crippen LogP contribution in [-0.2, 0) is 11.3 Å². The van der Waals surface area contributed by atoms with Crippen molar-refractivity contribution in [1.82, 2.24) is 5.32 Å². The number of nitrogens with one attached hydrogen (secondary N) is 1. The summed E-state index contributed by atoms with van der Waals surface area (Å²) >= 11 is 0. The Bertz CT molecular complexity index is 715. The lowest BCUT2D eigenvalue weighted by molar-refractivity contribution is -0.153. The molecule has 5 nitrogen and oxygen atoms in total. The van der Waals surface area contributed by atoms with Crippen molar-refractivity contribution in [3.8, 4) is 17.2 Å². The molecule has 0 unspecified atom stereocenters. The highest BCUT2D eigenvalue weighted by molar-refractivity contribution is 5.77. The fourth-order valence-electron chi connectivity index (χ4n) is 2.07. The number of hydrogen-bond acceptors (Lipinski definition) is 4. The number of benzene rings is 2. The first kappa shape index (κ1) is 20.4. The van der Waals surface area contributed by atoms with E-state index in [0.29, 0.717) is 12.4 Å². The van der Waals surface area contributed by atoms with E-state index in [-0.39, 0.29) is 24.8 Å². The Labute approximate surface area is 155 Å². The molecule has 0 spiro atoms. The third kappa shape index (κ3) is 7.89. The third-order valence-electron chi connectivity index (χ3n) is 3.32. The Hall–Kier alpha value is -2.90. The highest BCUT2D eigenvalue weighted by Crippen LogP contribution is 2.19. The molecule has 0 saturated heterocycles. The molecule has 0 radical (unpaired) electrons. The first-order valence-corrected chi connectivity index (χ1v) is 8.26. The van der Waals surface area contributed by atoms with Crippen LogP contribution in [0.3, 0.4) is 0 Å². The van der Waals surface area contributed by atoms with E-state index in [2.05, 4.69) is 10.1 Å². The Morgan fingerprint density at radius 2 is 1.41 bits per heavy atom. The molecule has 146 valence electrons. The van der Waals surface area contributed by atoms with Gasteiger partial charge in [0.15, 0.2) is 13.2 Å². The summed E-state index contributed by atoms with van der Waals surface area (Å²) in [4.78, 5) is 11.8. The van der Waals surface area contributed by atoms with Gasteiger partial charge in [-0.25, -0.2) is 0 Å². The molecule has 0 aliphatic rings. The summed E-state index contributed by atoms with van der Waals surface area (Å²) in [6.45, 7) is 1.19. The second-order valence-electron chi connectivity index (χ2n) is 5.52. The number of rotatable bonds is 9. The zero-order valence-corrected chi connectivity index (χ0v) is 14.7. The molecule has 2 rings (SSSR count). The first-order chi connectivity index (χ1) is 12.9. The molecule has 1 N–H and O–H groups in total. The van der Waals surface area contributed by atoms with E-state index in [0.717, 1.165) is 11.3 Å². The lowest BCUT2D eigenvalue weighted by Crippen LogP contribution is -2.28. The standard InChI is InChI=1S/C19H20F3NO4/c1-2-25-15-7-9-16(10-8-15)26-12-18(24)23-11-14-3-5-17(6-4-14)27-13-19(20,21)22/h3-10H,2,11-13H2,1H3,(H,23,24). The maximum atomic E-state index is 12.1. The summed E-state index contributed by atoms with van der Waals surface area (Å²) < 4.78 is 51.6. The first-order valence-electron chi connectivity index (χ1n) is 8.26. The Morgan fingerprint density at radius 1 is 0.889 bits per heavy atom. The maximum absolute atomic E-state index is 12.1. The predicted octanol–water partition coefficient (Wildman–Crippen LogP) is 3.72. The monoisotopic (exact) mass is 383 g/mol. The largest absolute Gasteiger partial charge is 0.494 e. The van der Waals surface area contributed by atoms with Crippen LogP contribution in [0.2, 0.25) is 0 Å². The minimum Gasteiger partial charge on any atom is -0.494 e. The topological polar surface area (TPSA) is 56.8 Å². The van der Waals surface area contributed by atoms with Gasteiger partial charge in [-0.2, -0.15) is 13.2 Å². The van der Waals surface area contributed by atoms with Crippen LogP contribution in [0.15, 0.2) is 48.5 Å². The van der Waals surface area contributed by atoms with Gasteiger partial charge in [-0.1, -0.05) is 12.1 Å². The van der Waals surface area contributed by atoms with Gasteiger partial charge in [0.25, 0.3) is 5.91 Å². The minimum absolute atomic E-state index is 0.112. The minimum atomic E-state index is -4.38. The SMILES string of the molecule is CCOc1ccc(OCC(=O)NCc2ccc(OCC(F)(F)F)cc2)cc1. The van der Waals surface area contributed by atoms with Crippen molar-refractivity contribution in [3.63, 3.8) is 0 Å². The van der Waals surface area contributed by atoms with Crippen molar-refractivity contribution in [1.29, 1.82) is 0 Å². The number of alkyl halides is 3. The highest BCUT2D eigenvalue weighted by atomic mass is 19.4. The van der Waals surface area contributed by atoms with Gasteiger partial charge in [0.1, 0.15) is 17.2 Å². The van der Waals surface area contributed by atoms with Gasteiger partial charge in [-0.05, 0) is 48.9 Å². The highest BCUT2D eigenvalue weighted by Gasteiger charge is 2.28. The number of carbonyl (C=O) groups excluding carboxylic acids is 1. The summed E-state index contributed by atoms with van der Waals surface area (Å²) in [5.41, 5.74) is 0.726. The van der Waals surface area contributed by atoms with Crippen LogP contribution in [0.4, 0.5) is 13.2 Å². The van der Waals surface area contributed by atoms with Crippen molar-refractivity contribution in [2.75, 3.05) is 19.8 Å². The summed E-state index contributed by atoms with van der Waals surface area (Å²) in [5, 5.41) is 2.67. The molecule has 27 heavy (non-hydrogen) atoms. The average molecular weight is 383 g/mol. The molecule has 0 heterocycles. The van der Waals surface area contributed by atoms with E-state index in [4.69, 9.17) is 9.47 Å². The molecule has 2 aromatic carbocycles. The Morgan fingerprint density at radius 3 is 1.96 bits per heavy atom. The lowest BCUT2D eigenvalue weighted by Gasteiger charge is -2.10. The summed E-state index contributed by atoms with van der Waals surface area (Å²) in [5.74, 6) is 1.05. The summed E-state index contributed by atoms with van der Waals surface area (Å²) in [6.07, 6.45) is -4.38. The van der Waals surface area contributed by atoms with Crippen LogP contribution in [0.5, 0.6) is 17.2 Å². The Kier molecular flexibility index (Phi) is 7.34. The molecule has 0 aliphatic heterocycles. The smallest absolute Gasteiger partial charge is 0.422 e. The van der Waals surface area contributed by atoms with Crippen molar-refractivity contribution >= 4 is 5.91 Å². The number of carbonyl (C=O) groups is 1. The molecule has 0 saturated carbocycles. The molecule has 1 amide bonds. The number of amides is 1. The van der Waals surface area contributed by atoms with Crippen LogP contribution in [-0.4, -0.2) is 31.9 Å². The fraction of sp³-hybridized carbons (Fsp3) is 0.316. The van der Waals surface area contributed by atoms with Gasteiger partial charge < -0.3 is 19.5 Å². The number of hydrogen-bond donors (Lipinski definition) is 1. The lowest BCUT2D eigenvalue weighted by atomic mass is 10.2. The van der Waals surface area contributed by atoms with Crippen molar-refractivity contribution in [2.24, 2.45) is 0 Å². The van der Waals surface area contributed by atoms with Gasteiger partial charge in [0.2, 0.25) is 0 Å². The predicted molar refractivity (Wildman–Crippen MR) is 92.9 cm³/mol. The Balaban J connectivity index is 1.71. The molecule has 2 aromatic rings. The van der Waals surface area contributed by atoms with Crippen molar-refractivity contribution in [2.45, 2.75) is 19.6 Å². The molecule has 8 heteroatoms. The maximum Gasteiger partial charge on any atom is 0.422 e. The molecule has 0 fully saturated rings. The van der Waals surface area contributed by atoms with E-state index in [1.165, 1.54) is 12.1 Å². The fourth-order valence-corrected chi connectivity index (χ4v) is 2.07. The molecule has 0 bridgehead atoms. The van der Waals surface area contributed by atoms with Crippen LogP contribution >= 0.6 is 0 Å². The normalized spacial score (nSPS) is 11.0. The average Bonchev–Trinajstić information content (AvgIpc) is 2.64. The van der Waals surface area contributed by atoms with Crippen LogP contribution in [0.1, 0.15) is 12.5 Å². The molecule has 0 aliphatic carbocycles. The van der Waals surface area contributed by atoms with Crippen molar-refractivity contribution < 1.29 is 32.2 Å². The number of ether oxygens (including phenoxy) is 3. The second-order valence-corrected chi connectivity index (χ2v) is 5.52. The molecular formula is C19H20F3NO4. The van der Waals surface area contributed by atoms with Crippen LogP contribution in [0.25, 0.3) is 0 Å². The van der Waals surface area contributed by atoms with Gasteiger partial charge in [-0.3, -0.25) is 4.79 Å². The quantitative estimate of drug-likeness (QED) is 0.717. The van der Waals surface area contributed by atoms with Gasteiger partial charge in [-0.15, -0.1) is 0 Å². The van der Waals surface area contributed by atoms with Gasteiger partial charge in [0, 0.05) is 6.54 Å². The van der Waals surface area contributed by atoms with Crippen LogP contribution in [0, 0.1) is 0 Å². The van der Waals surface area contributed by atoms with Gasteiger partial charge in [0.05, 0.1) is 6.61 Å². The molecule has 0 atom stereocenters. The van der Waals surface area contributed by atoms with E-state index in [1.54, 1.807) is 36.4 Å². The van der Waals surface area contributed by atoms with Crippen molar-refractivity contribution in [3.05, 3.63) is 54.1 Å². The van der Waals surface area contributed by atoms with E-state index in [1.807, 2.05) is 6.92 Å². The second kappa shape index (κ2) is 9.70. The van der Waals surface area contributed by atoms with E-state index >= 15 is 0 Å². The van der Waals surface area contributed by atoms with Gasteiger partial charge >= 0.3 is 6.18 Å². The van der Waals surface area contributed by atoms with Crippen LogP contribution < -0.4 is 19.5 Å². The molecular weight excluding hydrogens is 363 g/mol.